The van der Waals surface area contributed by atoms with Crippen LogP contribution in [0.3, 0.4) is 0 Å². The molecule has 1 atom stereocenters. The lowest BCUT2D eigenvalue weighted by Gasteiger charge is -2.20. The van der Waals surface area contributed by atoms with Crippen molar-refractivity contribution in [2.24, 2.45) is 0 Å². The van der Waals surface area contributed by atoms with Crippen molar-refractivity contribution in [2.45, 2.75) is 25.3 Å². The zero-order valence-corrected chi connectivity index (χ0v) is 16.5. The average Bonchev–Trinajstić information content (AvgIpc) is 3.07. The maximum absolute atomic E-state index is 13.3. The first-order chi connectivity index (χ1) is 14.1. The van der Waals surface area contributed by atoms with Crippen LogP contribution >= 0.6 is 0 Å². The predicted octanol–water partition coefficient (Wildman–Crippen LogP) is 4.01. The first-order valence-corrected chi connectivity index (χ1v) is 9.70. The minimum atomic E-state index is -0.741. The molecule has 0 unspecified atom stereocenters. The van der Waals surface area contributed by atoms with Crippen molar-refractivity contribution in [3.63, 3.8) is 0 Å². The molecule has 1 aliphatic carbocycles. The van der Waals surface area contributed by atoms with Crippen LogP contribution in [0.5, 0.6) is 0 Å². The minimum Gasteiger partial charge on any atom is -0.467 e. The molecule has 29 heavy (non-hydrogen) atoms. The Hall–Kier alpha value is -3.40. The fourth-order valence-electron chi connectivity index (χ4n) is 4.10. The second kappa shape index (κ2) is 7.92. The summed E-state index contributed by atoms with van der Waals surface area (Å²) in [6.07, 6.45) is 0.385. The van der Waals surface area contributed by atoms with Crippen molar-refractivity contribution in [1.29, 1.82) is 0 Å². The summed E-state index contributed by atoms with van der Waals surface area (Å²) in [4.78, 5) is 25.7. The fraction of sp³-hybridized carbons (Fsp3) is 0.200. The highest BCUT2D eigenvalue weighted by atomic mass is 16.5. The number of benzene rings is 3. The molecule has 0 saturated heterocycles. The van der Waals surface area contributed by atoms with Crippen LogP contribution < -0.4 is 5.32 Å². The number of hydrogen-bond donors (Lipinski definition) is 1. The van der Waals surface area contributed by atoms with E-state index in [1.54, 1.807) is 0 Å². The van der Waals surface area contributed by atoms with Gasteiger partial charge in [0.25, 0.3) is 0 Å². The van der Waals surface area contributed by atoms with Gasteiger partial charge in [-0.3, -0.25) is 4.79 Å². The molecule has 146 valence electrons. The van der Waals surface area contributed by atoms with Crippen molar-refractivity contribution in [3.05, 3.63) is 95.1 Å². The number of amides is 1. The van der Waals surface area contributed by atoms with E-state index in [1.165, 1.54) is 7.11 Å². The topological polar surface area (TPSA) is 55.4 Å². The van der Waals surface area contributed by atoms with Crippen molar-refractivity contribution >= 4 is 11.9 Å². The number of esters is 1. The van der Waals surface area contributed by atoms with E-state index < -0.39 is 17.9 Å². The molecule has 4 nitrogen and oxygen atoms in total. The van der Waals surface area contributed by atoms with Gasteiger partial charge >= 0.3 is 5.97 Å². The van der Waals surface area contributed by atoms with Gasteiger partial charge in [0.2, 0.25) is 5.91 Å². The summed E-state index contributed by atoms with van der Waals surface area (Å²) in [7, 11) is 1.35. The molecule has 1 N–H and O–H groups in total. The normalized spacial score (nSPS) is 13.3. The van der Waals surface area contributed by atoms with Gasteiger partial charge in [0.05, 0.1) is 13.0 Å². The van der Waals surface area contributed by atoms with Gasteiger partial charge in [0, 0.05) is 6.42 Å². The van der Waals surface area contributed by atoms with Crippen LogP contribution in [0.2, 0.25) is 0 Å². The molecule has 0 bridgehead atoms. The van der Waals surface area contributed by atoms with Crippen LogP contribution in [0, 0.1) is 6.92 Å². The lowest BCUT2D eigenvalue weighted by atomic mass is 9.95. The number of fused-ring (bicyclic) bond motifs is 3. The minimum absolute atomic E-state index is 0.189. The van der Waals surface area contributed by atoms with E-state index in [0.717, 1.165) is 33.4 Å². The van der Waals surface area contributed by atoms with E-state index in [0.29, 0.717) is 6.42 Å². The van der Waals surface area contributed by atoms with Crippen LogP contribution in [-0.2, 0) is 20.7 Å². The molecular formula is C25H23NO3. The molecule has 0 aromatic heterocycles. The number of ether oxygens (including phenoxy) is 1. The summed E-state index contributed by atoms with van der Waals surface area (Å²) in [5.41, 5.74) is 6.15. The van der Waals surface area contributed by atoms with Gasteiger partial charge in [0.15, 0.2) is 0 Å². The van der Waals surface area contributed by atoms with Crippen molar-refractivity contribution in [2.75, 3.05) is 7.11 Å². The average molecular weight is 385 g/mol. The quantitative estimate of drug-likeness (QED) is 0.675. The summed E-state index contributed by atoms with van der Waals surface area (Å²) in [5.74, 6) is -1.07. The molecule has 0 saturated carbocycles. The molecule has 0 spiro atoms. The predicted molar refractivity (Wildman–Crippen MR) is 113 cm³/mol. The van der Waals surface area contributed by atoms with Gasteiger partial charge in [-0.15, -0.1) is 0 Å². The first-order valence-electron chi connectivity index (χ1n) is 9.70. The lowest BCUT2D eigenvalue weighted by Crippen LogP contribution is -2.45. The third-order valence-corrected chi connectivity index (χ3v) is 5.42. The molecule has 0 fully saturated rings. The van der Waals surface area contributed by atoms with E-state index >= 15 is 0 Å². The van der Waals surface area contributed by atoms with E-state index in [2.05, 4.69) is 5.32 Å². The van der Waals surface area contributed by atoms with E-state index in [-0.39, 0.29) is 5.91 Å². The summed E-state index contributed by atoms with van der Waals surface area (Å²) in [5, 5.41) is 2.95. The number of nitrogens with one attached hydrogen (secondary N) is 1. The van der Waals surface area contributed by atoms with Gasteiger partial charge in [-0.2, -0.15) is 0 Å². The molecule has 3 aromatic rings. The molecular weight excluding hydrogens is 362 g/mol. The van der Waals surface area contributed by atoms with E-state index in [9.17, 15) is 9.59 Å². The zero-order chi connectivity index (χ0) is 20.4. The standard InChI is InChI=1S/C25H23NO3/c1-16-8-7-9-17(14-16)15-22(25(28)29-2)26-24(27)23-20-12-5-3-10-18(20)19-11-4-6-13-21(19)23/h3-14,22-23H,15H2,1-2H3,(H,26,27)/t22-/m0/s1. The molecule has 4 rings (SSSR count). The number of aryl methyl sites for hydroxylation is 1. The first kappa shape index (κ1) is 18.9. The second-order valence-corrected chi connectivity index (χ2v) is 7.39. The van der Waals surface area contributed by atoms with Crippen molar-refractivity contribution in [3.8, 4) is 11.1 Å². The maximum Gasteiger partial charge on any atom is 0.328 e. The Morgan fingerprint density at radius 3 is 2.14 bits per heavy atom. The Bertz CT molecular complexity index is 1030. The highest BCUT2D eigenvalue weighted by Crippen LogP contribution is 2.44. The zero-order valence-electron chi connectivity index (χ0n) is 16.5. The van der Waals surface area contributed by atoms with Crippen LogP contribution in [0.25, 0.3) is 11.1 Å². The fourth-order valence-corrected chi connectivity index (χ4v) is 4.10. The molecule has 3 aromatic carbocycles. The number of methoxy groups -OCH3 is 1. The molecule has 1 amide bonds. The lowest BCUT2D eigenvalue weighted by molar-refractivity contribution is -0.145. The number of rotatable bonds is 5. The maximum atomic E-state index is 13.3. The smallest absolute Gasteiger partial charge is 0.328 e. The second-order valence-electron chi connectivity index (χ2n) is 7.39. The number of hydrogen-bond acceptors (Lipinski definition) is 3. The van der Waals surface area contributed by atoms with Gasteiger partial charge in [-0.1, -0.05) is 78.4 Å². The monoisotopic (exact) mass is 385 g/mol. The van der Waals surface area contributed by atoms with Gasteiger partial charge in [-0.25, -0.2) is 4.79 Å². The Balaban J connectivity index is 1.63. The van der Waals surface area contributed by atoms with Crippen LogP contribution in [0.1, 0.15) is 28.2 Å². The third kappa shape index (κ3) is 3.66. The molecule has 1 aliphatic rings. The van der Waals surface area contributed by atoms with Gasteiger partial charge in [0.1, 0.15) is 6.04 Å². The summed E-state index contributed by atoms with van der Waals surface area (Å²) in [6.45, 7) is 2.00. The Morgan fingerprint density at radius 1 is 0.931 bits per heavy atom. The van der Waals surface area contributed by atoms with Gasteiger partial charge in [-0.05, 0) is 34.7 Å². The summed E-state index contributed by atoms with van der Waals surface area (Å²) < 4.78 is 4.96. The van der Waals surface area contributed by atoms with Crippen LogP contribution in [0.4, 0.5) is 0 Å². The highest BCUT2D eigenvalue weighted by Gasteiger charge is 2.35. The molecule has 4 heteroatoms. The molecule has 0 aliphatic heterocycles. The van der Waals surface area contributed by atoms with Crippen LogP contribution in [0.15, 0.2) is 72.8 Å². The Morgan fingerprint density at radius 2 is 1.55 bits per heavy atom. The van der Waals surface area contributed by atoms with Gasteiger partial charge < -0.3 is 10.1 Å². The SMILES string of the molecule is COC(=O)[C@H](Cc1cccc(C)c1)NC(=O)C1c2ccccc2-c2ccccc21. The Labute approximate surface area is 170 Å². The summed E-state index contributed by atoms with van der Waals surface area (Å²) >= 11 is 0. The number of carbonyl (C=O) groups is 2. The number of carbonyl (C=O) groups excluding carboxylic acids is 2. The van der Waals surface area contributed by atoms with E-state index in [4.69, 9.17) is 4.74 Å². The van der Waals surface area contributed by atoms with Crippen LogP contribution in [-0.4, -0.2) is 25.0 Å². The van der Waals surface area contributed by atoms with Crippen molar-refractivity contribution < 1.29 is 14.3 Å². The van der Waals surface area contributed by atoms with Crippen molar-refractivity contribution in [1.82, 2.24) is 5.32 Å². The third-order valence-electron chi connectivity index (χ3n) is 5.42. The summed E-state index contributed by atoms with van der Waals surface area (Å²) in [6, 6.07) is 23.0. The largest absolute Gasteiger partial charge is 0.467 e. The Kier molecular flexibility index (Phi) is 5.17. The highest BCUT2D eigenvalue weighted by molar-refractivity contribution is 5.97. The van der Waals surface area contributed by atoms with E-state index in [1.807, 2.05) is 79.7 Å². The molecule has 0 radical (unpaired) electrons. The molecule has 0 heterocycles.